The number of halogens is 1. The van der Waals surface area contributed by atoms with Crippen LogP contribution in [0.5, 0.6) is 0 Å². The molecular formula is C23H29BrN2. The second kappa shape index (κ2) is 8.77. The van der Waals surface area contributed by atoms with Gasteiger partial charge in [-0.25, -0.2) is 0 Å². The van der Waals surface area contributed by atoms with Gasteiger partial charge in [-0.3, -0.25) is 0 Å². The molecule has 1 aliphatic rings. The maximum absolute atomic E-state index is 3.85. The first-order chi connectivity index (χ1) is 12.6. The molecule has 1 fully saturated rings. The fraction of sp³-hybridized carbons (Fsp3) is 0.391. The topological polar surface area (TPSA) is 17.0 Å². The van der Waals surface area contributed by atoms with Crippen LogP contribution in [0.4, 0.5) is 5.69 Å². The van der Waals surface area contributed by atoms with E-state index in [2.05, 4.69) is 82.8 Å². The SMILES string of the molecule is C=C/C(Br)=C(\C)Cc1cccn1-c1ccc(C)c(NC2CCCCC2)c1. The van der Waals surface area contributed by atoms with Gasteiger partial charge in [-0.2, -0.15) is 0 Å². The maximum atomic E-state index is 3.85. The Balaban J connectivity index is 1.85. The number of benzene rings is 1. The van der Waals surface area contributed by atoms with E-state index in [0.717, 1.165) is 10.9 Å². The summed E-state index contributed by atoms with van der Waals surface area (Å²) in [6, 6.07) is 11.7. The smallest absolute Gasteiger partial charge is 0.0473 e. The molecule has 1 aromatic heterocycles. The second-order valence-corrected chi connectivity index (χ2v) is 8.21. The van der Waals surface area contributed by atoms with Gasteiger partial charge in [0.25, 0.3) is 0 Å². The van der Waals surface area contributed by atoms with Gasteiger partial charge in [-0.1, -0.05) is 59.5 Å². The first-order valence-electron chi connectivity index (χ1n) is 9.60. The molecule has 0 unspecified atom stereocenters. The Kier molecular flexibility index (Phi) is 6.42. The van der Waals surface area contributed by atoms with Crippen LogP contribution in [-0.4, -0.2) is 10.6 Å². The zero-order valence-electron chi connectivity index (χ0n) is 15.9. The molecule has 1 aromatic carbocycles. The predicted octanol–water partition coefficient (Wildman–Crippen LogP) is 6.93. The van der Waals surface area contributed by atoms with Gasteiger partial charge in [-0.05, 0) is 56.5 Å². The minimum atomic E-state index is 0.621. The summed E-state index contributed by atoms with van der Waals surface area (Å²) in [6.07, 6.45) is 11.6. The Morgan fingerprint density at radius 1 is 1.27 bits per heavy atom. The van der Waals surface area contributed by atoms with E-state index in [-0.39, 0.29) is 0 Å². The van der Waals surface area contributed by atoms with Crippen LogP contribution in [0, 0.1) is 6.92 Å². The quantitative estimate of drug-likeness (QED) is 0.508. The van der Waals surface area contributed by atoms with Gasteiger partial charge in [0, 0.05) is 40.2 Å². The highest BCUT2D eigenvalue weighted by atomic mass is 79.9. The van der Waals surface area contributed by atoms with Crippen molar-refractivity contribution < 1.29 is 0 Å². The molecule has 138 valence electrons. The van der Waals surface area contributed by atoms with Crippen molar-refractivity contribution in [3.05, 3.63) is 70.5 Å². The second-order valence-electron chi connectivity index (χ2n) is 7.36. The van der Waals surface area contributed by atoms with Crippen molar-refractivity contribution in [3.63, 3.8) is 0 Å². The Morgan fingerprint density at radius 2 is 2.04 bits per heavy atom. The van der Waals surface area contributed by atoms with Crippen molar-refractivity contribution in [2.45, 2.75) is 58.4 Å². The summed E-state index contributed by atoms with van der Waals surface area (Å²) in [5.74, 6) is 0. The van der Waals surface area contributed by atoms with Gasteiger partial charge in [-0.15, -0.1) is 0 Å². The van der Waals surface area contributed by atoms with E-state index in [1.54, 1.807) is 0 Å². The third-order valence-corrected chi connectivity index (χ3v) is 6.33. The van der Waals surface area contributed by atoms with Gasteiger partial charge < -0.3 is 9.88 Å². The molecule has 0 radical (unpaired) electrons. The molecule has 26 heavy (non-hydrogen) atoms. The average molecular weight is 413 g/mol. The number of nitrogens with zero attached hydrogens (tertiary/aromatic N) is 1. The van der Waals surface area contributed by atoms with E-state index in [1.807, 2.05) is 6.08 Å². The largest absolute Gasteiger partial charge is 0.382 e. The normalized spacial score (nSPS) is 16.3. The molecule has 2 nitrogen and oxygen atoms in total. The first kappa shape index (κ1) is 19.0. The van der Waals surface area contributed by atoms with Crippen molar-refractivity contribution in [1.29, 1.82) is 0 Å². The zero-order valence-corrected chi connectivity index (χ0v) is 17.5. The third kappa shape index (κ3) is 4.50. The first-order valence-corrected chi connectivity index (χ1v) is 10.4. The maximum Gasteiger partial charge on any atom is 0.0473 e. The van der Waals surface area contributed by atoms with Crippen molar-refractivity contribution >= 4 is 21.6 Å². The molecule has 2 aromatic rings. The number of anilines is 1. The van der Waals surface area contributed by atoms with Crippen LogP contribution >= 0.6 is 15.9 Å². The Hall–Kier alpha value is -1.74. The van der Waals surface area contributed by atoms with Crippen molar-refractivity contribution in [2.75, 3.05) is 5.32 Å². The minimum Gasteiger partial charge on any atom is -0.382 e. The number of hydrogen-bond donors (Lipinski definition) is 1. The van der Waals surface area contributed by atoms with E-state index in [0.29, 0.717) is 6.04 Å². The van der Waals surface area contributed by atoms with E-state index in [1.165, 1.54) is 60.3 Å². The molecule has 0 spiro atoms. The highest BCUT2D eigenvalue weighted by Crippen LogP contribution is 2.27. The van der Waals surface area contributed by atoms with E-state index in [9.17, 15) is 0 Å². The molecular weight excluding hydrogens is 384 g/mol. The Labute approximate surface area is 166 Å². The molecule has 1 heterocycles. The Bertz CT molecular complexity index is 794. The monoisotopic (exact) mass is 412 g/mol. The van der Waals surface area contributed by atoms with Gasteiger partial charge in [0.15, 0.2) is 0 Å². The van der Waals surface area contributed by atoms with Crippen LogP contribution in [0.3, 0.4) is 0 Å². The number of allylic oxidation sites excluding steroid dienone is 3. The lowest BCUT2D eigenvalue weighted by molar-refractivity contribution is 0.462. The highest BCUT2D eigenvalue weighted by Gasteiger charge is 2.14. The summed E-state index contributed by atoms with van der Waals surface area (Å²) in [4.78, 5) is 0. The molecule has 0 atom stereocenters. The fourth-order valence-electron chi connectivity index (χ4n) is 3.72. The van der Waals surface area contributed by atoms with Crippen LogP contribution in [-0.2, 0) is 6.42 Å². The standard InChI is InChI=1S/C23H29BrN2/c1-4-22(24)18(3)15-20-11-8-14-26(20)21-13-12-17(2)23(16-21)25-19-9-6-5-7-10-19/h4,8,11-14,16,19,25H,1,5-7,9-10,15H2,2-3H3/b22-18-. The predicted molar refractivity (Wildman–Crippen MR) is 117 cm³/mol. The third-order valence-electron chi connectivity index (χ3n) is 5.33. The van der Waals surface area contributed by atoms with Crippen molar-refractivity contribution in [3.8, 4) is 5.69 Å². The van der Waals surface area contributed by atoms with Gasteiger partial charge in [0.05, 0.1) is 0 Å². The van der Waals surface area contributed by atoms with Gasteiger partial charge in [0.2, 0.25) is 0 Å². The fourth-order valence-corrected chi connectivity index (χ4v) is 3.86. The van der Waals surface area contributed by atoms with Crippen LogP contribution < -0.4 is 5.32 Å². The summed E-state index contributed by atoms with van der Waals surface area (Å²) in [7, 11) is 0. The summed E-state index contributed by atoms with van der Waals surface area (Å²) in [6.45, 7) is 8.19. The summed E-state index contributed by atoms with van der Waals surface area (Å²) >= 11 is 3.59. The molecule has 0 saturated heterocycles. The molecule has 0 amide bonds. The summed E-state index contributed by atoms with van der Waals surface area (Å²) < 4.78 is 3.37. The molecule has 1 aliphatic carbocycles. The number of rotatable bonds is 6. The molecule has 3 rings (SSSR count). The number of aryl methyl sites for hydroxylation is 1. The van der Waals surface area contributed by atoms with Gasteiger partial charge >= 0.3 is 0 Å². The van der Waals surface area contributed by atoms with Crippen LogP contribution in [0.2, 0.25) is 0 Å². The molecule has 0 bridgehead atoms. The minimum absolute atomic E-state index is 0.621. The van der Waals surface area contributed by atoms with E-state index in [4.69, 9.17) is 0 Å². The van der Waals surface area contributed by atoms with Crippen LogP contribution in [0.25, 0.3) is 5.69 Å². The van der Waals surface area contributed by atoms with Crippen molar-refractivity contribution in [1.82, 2.24) is 4.57 Å². The van der Waals surface area contributed by atoms with Gasteiger partial charge in [0.1, 0.15) is 0 Å². The van der Waals surface area contributed by atoms with E-state index >= 15 is 0 Å². The molecule has 1 saturated carbocycles. The lowest BCUT2D eigenvalue weighted by Gasteiger charge is -2.25. The lowest BCUT2D eigenvalue weighted by Crippen LogP contribution is -2.22. The zero-order chi connectivity index (χ0) is 18.5. The van der Waals surface area contributed by atoms with E-state index < -0.39 is 0 Å². The lowest BCUT2D eigenvalue weighted by atomic mass is 9.95. The van der Waals surface area contributed by atoms with Crippen LogP contribution in [0.15, 0.2) is 59.2 Å². The highest BCUT2D eigenvalue weighted by molar-refractivity contribution is 9.11. The Morgan fingerprint density at radius 3 is 2.77 bits per heavy atom. The molecule has 1 N–H and O–H groups in total. The summed E-state index contributed by atoms with van der Waals surface area (Å²) in [5.41, 5.74) is 6.38. The number of nitrogens with one attached hydrogen (secondary N) is 1. The van der Waals surface area contributed by atoms with Crippen molar-refractivity contribution in [2.24, 2.45) is 0 Å². The summed E-state index contributed by atoms with van der Waals surface area (Å²) in [5, 5.41) is 3.80. The number of hydrogen-bond acceptors (Lipinski definition) is 1. The molecule has 3 heteroatoms. The number of aromatic nitrogens is 1. The molecule has 0 aliphatic heterocycles. The van der Waals surface area contributed by atoms with Crippen LogP contribution in [0.1, 0.15) is 50.3 Å². The average Bonchev–Trinajstić information content (AvgIpc) is 3.11.